The molecule has 0 fully saturated rings. The maximum Gasteiger partial charge on any atom is 0.254 e. The van der Waals surface area contributed by atoms with E-state index in [0.29, 0.717) is 12.1 Å². The minimum absolute atomic E-state index is 0.0175. The second kappa shape index (κ2) is 4.32. The van der Waals surface area contributed by atoms with Crippen LogP contribution in [0, 0.1) is 0 Å². The third-order valence-corrected chi connectivity index (χ3v) is 2.68. The SMILES string of the molecule is NNC(=O)CN1CCc2ccccc2C1=O. The van der Waals surface area contributed by atoms with Gasteiger partial charge in [-0.3, -0.25) is 15.0 Å². The van der Waals surface area contributed by atoms with E-state index in [1.54, 1.807) is 6.07 Å². The van der Waals surface area contributed by atoms with Crippen LogP contribution in [-0.4, -0.2) is 29.8 Å². The van der Waals surface area contributed by atoms with Gasteiger partial charge in [0.1, 0.15) is 6.54 Å². The Morgan fingerprint density at radius 2 is 2.19 bits per heavy atom. The normalized spacial score (nSPS) is 14.6. The molecule has 0 unspecified atom stereocenters. The third-order valence-electron chi connectivity index (χ3n) is 2.68. The van der Waals surface area contributed by atoms with Gasteiger partial charge in [0.2, 0.25) is 0 Å². The van der Waals surface area contributed by atoms with Gasteiger partial charge in [0.05, 0.1) is 0 Å². The van der Waals surface area contributed by atoms with Crippen molar-refractivity contribution in [1.82, 2.24) is 10.3 Å². The van der Waals surface area contributed by atoms with E-state index in [0.717, 1.165) is 12.0 Å². The fraction of sp³-hybridized carbons (Fsp3) is 0.273. The second-order valence-electron chi connectivity index (χ2n) is 3.70. The molecule has 0 saturated heterocycles. The number of rotatable bonds is 2. The number of amides is 2. The van der Waals surface area contributed by atoms with E-state index in [9.17, 15) is 9.59 Å². The molecule has 5 heteroatoms. The van der Waals surface area contributed by atoms with Gasteiger partial charge in [-0.1, -0.05) is 18.2 Å². The number of hydrogen-bond donors (Lipinski definition) is 2. The minimum Gasteiger partial charge on any atom is -0.329 e. The van der Waals surface area contributed by atoms with Crippen molar-refractivity contribution in [2.45, 2.75) is 6.42 Å². The molecule has 1 heterocycles. The quantitative estimate of drug-likeness (QED) is 0.406. The molecule has 0 saturated carbocycles. The smallest absolute Gasteiger partial charge is 0.254 e. The summed E-state index contributed by atoms with van der Waals surface area (Å²) in [4.78, 5) is 24.6. The summed E-state index contributed by atoms with van der Waals surface area (Å²) < 4.78 is 0. The average Bonchev–Trinajstić information content (AvgIpc) is 2.33. The highest BCUT2D eigenvalue weighted by Crippen LogP contribution is 2.17. The van der Waals surface area contributed by atoms with E-state index < -0.39 is 0 Å². The lowest BCUT2D eigenvalue weighted by molar-refractivity contribution is -0.121. The topological polar surface area (TPSA) is 75.4 Å². The van der Waals surface area contributed by atoms with E-state index in [4.69, 9.17) is 5.84 Å². The van der Waals surface area contributed by atoms with Crippen LogP contribution in [0.4, 0.5) is 0 Å². The highest BCUT2D eigenvalue weighted by molar-refractivity contribution is 5.98. The van der Waals surface area contributed by atoms with Gasteiger partial charge in [0.15, 0.2) is 0 Å². The van der Waals surface area contributed by atoms with Crippen LogP contribution < -0.4 is 11.3 Å². The van der Waals surface area contributed by atoms with Crippen LogP contribution >= 0.6 is 0 Å². The summed E-state index contributed by atoms with van der Waals surface area (Å²) in [6.07, 6.45) is 0.778. The van der Waals surface area contributed by atoms with Crippen LogP contribution in [-0.2, 0) is 11.2 Å². The molecule has 0 aliphatic carbocycles. The number of fused-ring (bicyclic) bond motifs is 1. The van der Waals surface area contributed by atoms with E-state index >= 15 is 0 Å². The third kappa shape index (κ3) is 1.90. The van der Waals surface area contributed by atoms with E-state index in [-0.39, 0.29) is 18.4 Å². The molecule has 1 aromatic carbocycles. The lowest BCUT2D eigenvalue weighted by Gasteiger charge is -2.27. The van der Waals surface area contributed by atoms with Crippen LogP contribution in [0.1, 0.15) is 15.9 Å². The maximum atomic E-state index is 12.0. The van der Waals surface area contributed by atoms with Crippen molar-refractivity contribution in [3.05, 3.63) is 35.4 Å². The molecule has 2 amide bonds. The molecule has 84 valence electrons. The second-order valence-corrected chi connectivity index (χ2v) is 3.70. The largest absolute Gasteiger partial charge is 0.329 e. The molecule has 1 aliphatic rings. The standard InChI is InChI=1S/C11H13N3O2/c12-13-10(15)7-14-6-5-8-3-1-2-4-9(8)11(14)16/h1-4H,5-7,12H2,(H,13,15). The van der Waals surface area contributed by atoms with E-state index in [1.807, 2.05) is 23.6 Å². The predicted octanol–water partition coefficient (Wildman–Crippen LogP) is -0.325. The Morgan fingerprint density at radius 3 is 2.94 bits per heavy atom. The Bertz CT molecular complexity index is 431. The number of benzene rings is 1. The molecule has 0 atom stereocenters. The molecular formula is C11H13N3O2. The zero-order chi connectivity index (χ0) is 11.5. The first-order chi connectivity index (χ1) is 7.72. The maximum absolute atomic E-state index is 12.0. The van der Waals surface area contributed by atoms with E-state index in [1.165, 1.54) is 4.90 Å². The van der Waals surface area contributed by atoms with Crippen molar-refractivity contribution in [1.29, 1.82) is 0 Å². The van der Waals surface area contributed by atoms with E-state index in [2.05, 4.69) is 0 Å². The summed E-state index contributed by atoms with van der Waals surface area (Å²) in [6, 6.07) is 7.45. The van der Waals surface area contributed by atoms with Gasteiger partial charge in [-0.25, -0.2) is 5.84 Å². The molecular weight excluding hydrogens is 206 g/mol. The number of nitrogens with one attached hydrogen (secondary N) is 1. The van der Waals surface area contributed by atoms with Crippen LogP contribution in [0.5, 0.6) is 0 Å². The van der Waals surface area contributed by atoms with Crippen molar-refractivity contribution in [2.75, 3.05) is 13.1 Å². The van der Waals surface area contributed by atoms with Crippen LogP contribution in [0.15, 0.2) is 24.3 Å². The molecule has 1 aromatic rings. The average molecular weight is 219 g/mol. The molecule has 16 heavy (non-hydrogen) atoms. The molecule has 1 aliphatic heterocycles. The van der Waals surface area contributed by atoms with Crippen molar-refractivity contribution in [3.63, 3.8) is 0 Å². The Hall–Kier alpha value is -1.88. The van der Waals surface area contributed by atoms with Gasteiger partial charge in [-0.05, 0) is 18.1 Å². The highest BCUT2D eigenvalue weighted by Gasteiger charge is 2.24. The zero-order valence-corrected chi connectivity index (χ0v) is 8.77. The van der Waals surface area contributed by atoms with Gasteiger partial charge in [-0.2, -0.15) is 0 Å². The van der Waals surface area contributed by atoms with Crippen LogP contribution in [0.2, 0.25) is 0 Å². The van der Waals surface area contributed by atoms with Gasteiger partial charge in [-0.15, -0.1) is 0 Å². The monoisotopic (exact) mass is 219 g/mol. The van der Waals surface area contributed by atoms with Crippen LogP contribution in [0.25, 0.3) is 0 Å². The molecule has 0 aromatic heterocycles. The molecule has 3 N–H and O–H groups in total. The van der Waals surface area contributed by atoms with Gasteiger partial charge in [0, 0.05) is 12.1 Å². The van der Waals surface area contributed by atoms with Crippen LogP contribution in [0.3, 0.4) is 0 Å². The first-order valence-electron chi connectivity index (χ1n) is 5.09. The van der Waals surface area contributed by atoms with Gasteiger partial charge in [0.25, 0.3) is 11.8 Å². The number of hydrogen-bond acceptors (Lipinski definition) is 3. The van der Waals surface area contributed by atoms with Crippen molar-refractivity contribution in [2.24, 2.45) is 5.84 Å². The summed E-state index contributed by atoms with van der Waals surface area (Å²) in [5.41, 5.74) is 3.74. The van der Waals surface area contributed by atoms with Gasteiger partial charge < -0.3 is 4.90 Å². The molecule has 0 radical (unpaired) electrons. The Labute approximate surface area is 93.2 Å². The Morgan fingerprint density at radius 1 is 1.44 bits per heavy atom. The number of nitrogens with two attached hydrogens (primary N) is 1. The molecule has 0 bridgehead atoms. The number of carbonyl (C=O) groups excluding carboxylic acids is 2. The number of hydrazine groups is 1. The first-order valence-corrected chi connectivity index (χ1v) is 5.09. The number of carbonyl (C=O) groups is 2. The molecule has 2 rings (SSSR count). The number of nitrogens with zero attached hydrogens (tertiary/aromatic N) is 1. The molecule has 0 spiro atoms. The predicted molar refractivity (Wildman–Crippen MR) is 58.4 cm³/mol. The summed E-state index contributed by atoms with van der Waals surface area (Å²) in [5, 5.41) is 0. The van der Waals surface area contributed by atoms with Crippen molar-refractivity contribution in [3.8, 4) is 0 Å². The summed E-state index contributed by atoms with van der Waals surface area (Å²) in [6.45, 7) is 0.576. The summed E-state index contributed by atoms with van der Waals surface area (Å²) in [7, 11) is 0. The fourth-order valence-corrected chi connectivity index (χ4v) is 1.84. The van der Waals surface area contributed by atoms with Crippen molar-refractivity contribution >= 4 is 11.8 Å². The lowest BCUT2D eigenvalue weighted by Crippen LogP contribution is -2.45. The lowest BCUT2D eigenvalue weighted by atomic mass is 9.99. The first kappa shape index (κ1) is 10.6. The highest BCUT2D eigenvalue weighted by atomic mass is 16.2. The Kier molecular flexibility index (Phi) is 2.87. The zero-order valence-electron chi connectivity index (χ0n) is 8.77. The molecule has 5 nitrogen and oxygen atoms in total. The fourth-order valence-electron chi connectivity index (χ4n) is 1.84. The summed E-state index contributed by atoms with van der Waals surface area (Å²) >= 11 is 0. The Balaban J connectivity index is 2.18. The van der Waals surface area contributed by atoms with Crippen molar-refractivity contribution < 1.29 is 9.59 Å². The summed E-state index contributed by atoms with van der Waals surface area (Å²) in [5.74, 6) is 4.53. The van der Waals surface area contributed by atoms with Gasteiger partial charge >= 0.3 is 0 Å². The minimum atomic E-state index is -0.354.